The summed E-state index contributed by atoms with van der Waals surface area (Å²) in [5.41, 5.74) is 1.54. The number of thiazole rings is 1. The number of nitrogens with zero attached hydrogens (tertiary/aromatic N) is 2. The fraction of sp³-hybridized carbons (Fsp3) is 0.364. The molecule has 1 aromatic heterocycles. The lowest BCUT2D eigenvalue weighted by atomic mass is 10.2. The Balaban J connectivity index is 1.89. The largest absolute Gasteiger partial charge is 0.494 e. The molecule has 0 radical (unpaired) electrons. The first kappa shape index (κ1) is 23.2. The van der Waals surface area contributed by atoms with Crippen molar-refractivity contribution in [3.63, 3.8) is 0 Å². The Morgan fingerprint density at radius 1 is 1.10 bits per heavy atom. The van der Waals surface area contributed by atoms with Gasteiger partial charge in [0.15, 0.2) is 14.6 Å². The molecule has 3 rings (SSSR count). The third-order valence-corrected chi connectivity index (χ3v) is 6.92. The second-order valence-electron chi connectivity index (χ2n) is 6.82. The van der Waals surface area contributed by atoms with E-state index >= 15 is 0 Å². The van der Waals surface area contributed by atoms with Gasteiger partial charge in [0.1, 0.15) is 11.5 Å². The van der Waals surface area contributed by atoms with E-state index in [0.717, 1.165) is 16.0 Å². The Morgan fingerprint density at radius 2 is 1.87 bits per heavy atom. The van der Waals surface area contributed by atoms with Crippen LogP contribution in [0.5, 0.6) is 5.75 Å². The first-order valence-electron chi connectivity index (χ1n) is 10.1. The van der Waals surface area contributed by atoms with Gasteiger partial charge in [-0.2, -0.15) is 4.99 Å². The van der Waals surface area contributed by atoms with Gasteiger partial charge in [0.05, 0.1) is 29.2 Å². The van der Waals surface area contributed by atoms with Gasteiger partial charge in [0.2, 0.25) is 0 Å². The normalized spacial score (nSPS) is 12.4. The molecule has 31 heavy (non-hydrogen) atoms. The number of hydrogen-bond donors (Lipinski definition) is 0. The third kappa shape index (κ3) is 6.49. The summed E-state index contributed by atoms with van der Waals surface area (Å²) in [7, 11) is -3.62. The SMILES string of the molecule is CCOCCn1c(=NC(=O)CS(=O)(=O)Cc2ccccc2)sc2cc(OCC)ccc21. The number of hydrogen-bond acceptors (Lipinski definition) is 6. The first-order chi connectivity index (χ1) is 14.9. The minimum atomic E-state index is -3.62. The molecule has 0 N–H and O–H groups in total. The summed E-state index contributed by atoms with van der Waals surface area (Å²) in [4.78, 5) is 17.1. The first-order valence-corrected chi connectivity index (χ1v) is 12.7. The maximum Gasteiger partial charge on any atom is 0.263 e. The van der Waals surface area contributed by atoms with E-state index in [-0.39, 0.29) is 5.75 Å². The average molecular weight is 463 g/mol. The monoisotopic (exact) mass is 462 g/mol. The molecule has 0 fully saturated rings. The molecule has 3 aromatic rings. The highest BCUT2D eigenvalue weighted by molar-refractivity contribution is 7.91. The quantitative estimate of drug-likeness (QED) is 0.432. The van der Waals surface area contributed by atoms with Crippen LogP contribution in [0.25, 0.3) is 10.2 Å². The number of sulfone groups is 1. The van der Waals surface area contributed by atoms with Crippen LogP contribution >= 0.6 is 11.3 Å². The Kier molecular flexibility index (Phi) is 8.00. The highest BCUT2D eigenvalue weighted by Crippen LogP contribution is 2.23. The standard InChI is InChI=1S/C22H26N2O5S2/c1-3-28-13-12-24-19-11-10-18(29-4-2)14-20(19)30-22(24)23-21(25)16-31(26,27)15-17-8-6-5-7-9-17/h5-11,14H,3-4,12-13,15-16H2,1-2H3. The van der Waals surface area contributed by atoms with E-state index in [9.17, 15) is 13.2 Å². The molecule has 0 aliphatic rings. The number of fused-ring (bicyclic) bond motifs is 1. The number of benzene rings is 2. The van der Waals surface area contributed by atoms with E-state index in [1.807, 2.05) is 42.7 Å². The Hall–Kier alpha value is -2.49. The van der Waals surface area contributed by atoms with E-state index < -0.39 is 21.5 Å². The van der Waals surface area contributed by atoms with E-state index in [1.54, 1.807) is 24.3 Å². The molecule has 2 aromatic carbocycles. The molecule has 166 valence electrons. The van der Waals surface area contributed by atoms with Crippen molar-refractivity contribution in [2.45, 2.75) is 26.1 Å². The van der Waals surface area contributed by atoms with Crippen molar-refractivity contribution in [1.29, 1.82) is 0 Å². The highest BCUT2D eigenvalue weighted by Gasteiger charge is 2.18. The van der Waals surface area contributed by atoms with Gasteiger partial charge in [-0.25, -0.2) is 8.42 Å². The fourth-order valence-corrected chi connectivity index (χ4v) is 5.46. The van der Waals surface area contributed by atoms with Gasteiger partial charge in [-0.3, -0.25) is 4.79 Å². The minimum Gasteiger partial charge on any atom is -0.494 e. The van der Waals surface area contributed by atoms with Gasteiger partial charge in [0.25, 0.3) is 5.91 Å². The van der Waals surface area contributed by atoms with Crippen molar-refractivity contribution in [2.75, 3.05) is 25.6 Å². The summed E-state index contributed by atoms with van der Waals surface area (Å²) in [6, 6.07) is 14.5. The fourth-order valence-electron chi connectivity index (χ4n) is 3.12. The molecule has 9 heteroatoms. The summed E-state index contributed by atoms with van der Waals surface area (Å²) < 4.78 is 38.7. The minimum absolute atomic E-state index is 0.191. The van der Waals surface area contributed by atoms with Crippen LogP contribution in [0, 0.1) is 0 Å². The van der Waals surface area contributed by atoms with Crippen molar-refractivity contribution in [3.8, 4) is 5.75 Å². The van der Waals surface area contributed by atoms with Crippen molar-refractivity contribution in [3.05, 3.63) is 58.9 Å². The molecule has 1 heterocycles. The Bertz CT molecular complexity index is 1200. The number of amides is 1. The highest BCUT2D eigenvalue weighted by atomic mass is 32.2. The summed E-state index contributed by atoms with van der Waals surface area (Å²) >= 11 is 1.33. The van der Waals surface area contributed by atoms with Gasteiger partial charge in [-0.1, -0.05) is 41.7 Å². The molecule has 0 atom stereocenters. The molecule has 0 saturated heterocycles. The van der Waals surface area contributed by atoms with Crippen LogP contribution in [0.15, 0.2) is 53.5 Å². The van der Waals surface area contributed by atoms with Crippen molar-refractivity contribution < 1.29 is 22.7 Å². The maximum absolute atomic E-state index is 12.5. The number of carbonyl (C=O) groups excluding carboxylic acids is 1. The van der Waals surface area contributed by atoms with Crippen LogP contribution in [0.2, 0.25) is 0 Å². The lowest BCUT2D eigenvalue weighted by Gasteiger charge is -2.06. The molecule has 0 unspecified atom stereocenters. The predicted octanol–water partition coefficient (Wildman–Crippen LogP) is 3.18. The molecule has 0 spiro atoms. The molecule has 0 aliphatic heterocycles. The summed E-state index contributed by atoms with van der Waals surface area (Å²) in [5, 5.41) is 0. The van der Waals surface area contributed by atoms with Crippen LogP contribution in [0.3, 0.4) is 0 Å². The van der Waals surface area contributed by atoms with E-state index in [2.05, 4.69) is 4.99 Å². The van der Waals surface area contributed by atoms with E-state index in [0.29, 0.717) is 36.7 Å². The predicted molar refractivity (Wildman–Crippen MR) is 122 cm³/mol. The van der Waals surface area contributed by atoms with Gasteiger partial charge in [-0.05, 0) is 37.6 Å². The van der Waals surface area contributed by atoms with Crippen molar-refractivity contribution >= 4 is 37.3 Å². The third-order valence-electron chi connectivity index (χ3n) is 4.42. The second kappa shape index (κ2) is 10.7. The zero-order valence-corrected chi connectivity index (χ0v) is 19.2. The summed E-state index contributed by atoms with van der Waals surface area (Å²) in [5.74, 6) is -0.774. The maximum atomic E-state index is 12.5. The van der Waals surface area contributed by atoms with Crippen molar-refractivity contribution in [1.82, 2.24) is 4.57 Å². The zero-order chi connectivity index (χ0) is 22.3. The lowest BCUT2D eigenvalue weighted by molar-refractivity contribution is -0.115. The summed E-state index contributed by atoms with van der Waals surface area (Å²) in [6.45, 7) is 5.93. The lowest BCUT2D eigenvalue weighted by Crippen LogP contribution is -2.23. The number of rotatable bonds is 10. The zero-order valence-electron chi connectivity index (χ0n) is 17.6. The second-order valence-corrected chi connectivity index (χ2v) is 9.89. The Labute approximate surface area is 185 Å². The smallest absolute Gasteiger partial charge is 0.263 e. The molecule has 0 aliphatic carbocycles. The molecular formula is C22H26N2O5S2. The number of ether oxygens (including phenoxy) is 2. The Morgan fingerprint density at radius 3 is 2.58 bits per heavy atom. The molecule has 1 amide bonds. The van der Waals surface area contributed by atoms with Crippen LogP contribution in [0.1, 0.15) is 19.4 Å². The average Bonchev–Trinajstić information content (AvgIpc) is 3.04. The topological polar surface area (TPSA) is 87.0 Å². The van der Waals surface area contributed by atoms with Crippen LogP contribution in [-0.2, 0) is 31.7 Å². The number of aromatic nitrogens is 1. The van der Waals surface area contributed by atoms with Crippen LogP contribution in [0.4, 0.5) is 0 Å². The van der Waals surface area contributed by atoms with E-state index in [4.69, 9.17) is 9.47 Å². The number of carbonyl (C=O) groups is 1. The van der Waals surface area contributed by atoms with Crippen LogP contribution < -0.4 is 9.54 Å². The van der Waals surface area contributed by atoms with Gasteiger partial charge >= 0.3 is 0 Å². The van der Waals surface area contributed by atoms with Gasteiger partial charge < -0.3 is 14.0 Å². The van der Waals surface area contributed by atoms with E-state index in [1.165, 1.54) is 11.3 Å². The summed E-state index contributed by atoms with van der Waals surface area (Å²) in [6.07, 6.45) is 0. The van der Waals surface area contributed by atoms with Crippen molar-refractivity contribution in [2.24, 2.45) is 4.99 Å². The molecule has 0 saturated carbocycles. The molecule has 0 bridgehead atoms. The molecule has 7 nitrogen and oxygen atoms in total. The van der Waals surface area contributed by atoms with Gasteiger partial charge in [-0.15, -0.1) is 0 Å². The van der Waals surface area contributed by atoms with Crippen LogP contribution in [-0.4, -0.2) is 44.5 Å². The molecular weight excluding hydrogens is 436 g/mol. The van der Waals surface area contributed by atoms with Gasteiger partial charge in [0, 0.05) is 13.2 Å².